The molecule has 4 aromatic rings. The molecule has 1 aliphatic rings. The summed E-state index contributed by atoms with van der Waals surface area (Å²) in [5.74, 6) is -2.41. The predicted molar refractivity (Wildman–Crippen MR) is 123 cm³/mol. The van der Waals surface area contributed by atoms with Crippen LogP contribution < -0.4 is 11.3 Å². The first kappa shape index (κ1) is 22.3. The summed E-state index contributed by atoms with van der Waals surface area (Å²) in [5, 5.41) is 39.7. The van der Waals surface area contributed by atoms with Gasteiger partial charge in [0, 0.05) is 43.5 Å². The maximum Gasteiger partial charge on any atom is 0.349 e. The molecule has 1 amide bonds. The molecule has 11 nitrogen and oxygen atoms in total. The van der Waals surface area contributed by atoms with Crippen molar-refractivity contribution in [2.45, 2.75) is 6.54 Å². The molecule has 0 aliphatic carbocycles. The number of fused-ring (bicyclic) bond motifs is 2. The van der Waals surface area contributed by atoms with Crippen molar-refractivity contribution in [2.24, 2.45) is 0 Å². The van der Waals surface area contributed by atoms with E-state index in [0.29, 0.717) is 42.5 Å². The van der Waals surface area contributed by atoms with Crippen molar-refractivity contribution >= 4 is 27.8 Å². The minimum Gasteiger partial charge on any atom is -0.504 e. The van der Waals surface area contributed by atoms with Crippen LogP contribution in [0.3, 0.4) is 0 Å². The topological polar surface area (TPSA) is 165 Å². The summed E-state index contributed by atoms with van der Waals surface area (Å²) < 4.78 is 10.3. The predicted octanol–water partition coefficient (Wildman–Crippen LogP) is 1.68. The molecule has 0 spiro atoms. The monoisotopic (exact) mass is 480 g/mol. The van der Waals surface area contributed by atoms with E-state index in [1.807, 2.05) is 4.90 Å². The smallest absolute Gasteiger partial charge is 0.349 e. The summed E-state index contributed by atoms with van der Waals surface area (Å²) in [7, 11) is 0. The van der Waals surface area contributed by atoms with E-state index in [1.54, 1.807) is 6.07 Å². The van der Waals surface area contributed by atoms with Crippen LogP contribution in [0.1, 0.15) is 15.9 Å². The Kier molecular flexibility index (Phi) is 5.33. The Balaban J connectivity index is 1.31. The third kappa shape index (κ3) is 3.91. The van der Waals surface area contributed by atoms with Gasteiger partial charge in [0.2, 0.25) is 11.5 Å². The molecule has 0 bridgehead atoms. The maximum absolute atomic E-state index is 13.0. The molecule has 1 saturated heterocycles. The van der Waals surface area contributed by atoms with Crippen LogP contribution in [0, 0.1) is 0 Å². The van der Waals surface area contributed by atoms with Crippen LogP contribution in [0.4, 0.5) is 0 Å². The number of carbonyl (C=O) groups excluding carboxylic acids is 1. The van der Waals surface area contributed by atoms with Gasteiger partial charge in [-0.2, -0.15) is 0 Å². The molecule has 11 heteroatoms. The van der Waals surface area contributed by atoms with Crippen molar-refractivity contribution in [1.82, 2.24) is 9.80 Å². The van der Waals surface area contributed by atoms with Crippen molar-refractivity contribution in [1.29, 1.82) is 0 Å². The molecule has 180 valence electrons. The first-order valence-electron chi connectivity index (χ1n) is 10.7. The van der Waals surface area contributed by atoms with Crippen LogP contribution in [0.15, 0.2) is 54.8 Å². The van der Waals surface area contributed by atoms with Crippen LogP contribution in [0.2, 0.25) is 0 Å². The lowest BCUT2D eigenvalue weighted by Crippen LogP contribution is -2.49. The number of aromatic hydroxyl groups is 4. The summed E-state index contributed by atoms with van der Waals surface area (Å²) in [6.07, 6.45) is 0. The highest BCUT2D eigenvalue weighted by Crippen LogP contribution is 2.34. The zero-order valence-electron chi connectivity index (χ0n) is 18.2. The van der Waals surface area contributed by atoms with E-state index < -0.39 is 34.4 Å². The van der Waals surface area contributed by atoms with E-state index >= 15 is 0 Å². The molecule has 0 unspecified atom stereocenters. The van der Waals surface area contributed by atoms with Gasteiger partial charge in [-0.15, -0.1) is 0 Å². The van der Waals surface area contributed by atoms with Crippen LogP contribution in [-0.4, -0.2) is 62.3 Å². The van der Waals surface area contributed by atoms with Gasteiger partial charge in [0.15, 0.2) is 22.7 Å². The van der Waals surface area contributed by atoms with E-state index in [4.69, 9.17) is 8.83 Å². The molecule has 4 N–H and O–H groups in total. The SMILES string of the molecule is O=C(c1cc2ccc(O)c(O)c2oc1=O)N1CCN(Cc2cc3ccc(O)c(O)c3oc2=O)CC1. The first-order chi connectivity index (χ1) is 16.7. The first-order valence-corrected chi connectivity index (χ1v) is 10.7. The number of phenolic OH excluding ortho intramolecular Hbond substituents is 4. The molecule has 0 atom stereocenters. The number of rotatable bonds is 3. The Morgan fingerprint density at radius 2 is 1.31 bits per heavy atom. The molecule has 35 heavy (non-hydrogen) atoms. The van der Waals surface area contributed by atoms with Gasteiger partial charge >= 0.3 is 11.3 Å². The molecule has 5 rings (SSSR count). The second-order valence-electron chi connectivity index (χ2n) is 8.28. The second-order valence-corrected chi connectivity index (χ2v) is 8.28. The van der Waals surface area contributed by atoms with Crippen molar-refractivity contribution < 1.29 is 34.1 Å². The molecule has 1 aliphatic heterocycles. The fourth-order valence-electron chi connectivity index (χ4n) is 4.14. The molecule has 2 aromatic heterocycles. The van der Waals surface area contributed by atoms with Gasteiger partial charge in [-0.1, -0.05) is 0 Å². The van der Waals surface area contributed by atoms with E-state index in [0.717, 1.165) is 0 Å². The van der Waals surface area contributed by atoms with E-state index in [-0.39, 0.29) is 29.0 Å². The number of hydrogen-bond donors (Lipinski definition) is 4. The molecule has 1 fully saturated rings. The number of piperazine rings is 1. The fraction of sp³-hybridized carbons (Fsp3) is 0.208. The lowest BCUT2D eigenvalue weighted by Gasteiger charge is -2.34. The highest BCUT2D eigenvalue weighted by Gasteiger charge is 2.26. The third-order valence-corrected chi connectivity index (χ3v) is 6.07. The highest BCUT2D eigenvalue weighted by molar-refractivity contribution is 5.97. The number of hydrogen-bond acceptors (Lipinski definition) is 10. The largest absolute Gasteiger partial charge is 0.504 e. The van der Waals surface area contributed by atoms with Crippen LogP contribution in [0.25, 0.3) is 21.9 Å². The average molecular weight is 480 g/mol. The summed E-state index contributed by atoms with van der Waals surface area (Å²) in [6.45, 7) is 1.70. The van der Waals surface area contributed by atoms with Crippen LogP contribution in [-0.2, 0) is 6.54 Å². The molecule has 2 aromatic carbocycles. The highest BCUT2D eigenvalue weighted by atomic mass is 16.4. The van der Waals surface area contributed by atoms with Gasteiger partial charge in [0.25, 0.3) is 5.91 Å². The molecular formula is C24H20N2O9. The lowest BCUT2D eigenvalue weighted by molar-refractivity contribution is 0.0623. The molecular weight excluding hydrogens is 460 g/mol. The van der Waals surface area contributed by atoms with Gasteiger partial charge in [-0.3, -0.25) is 9.69 Å². The summed E-state index contributed by atoms with van der Waals surface area (Å²) in [4.78, 5) is 41.2. The summed E-state index contributed by atoms with van der Waals surface area (Å²) in [6, 6.07) is 8.41. The minimum absolute atomic E-state index is 0.0908. The number of benzene rings is 2. The van der Waals surface area contributed by atoms with E-state index in [2.05, 4.69) is 0 Å². The van der Waals surface area contributed by atoms with Gasteiger partial charge in [-0.25, -0.2) is 9.59 Å². The Hall–Kier alpha value is -4.51. The Morgan fingerprint density at radius 1 is 0.771 bits per heavy atom. The van der Waals surface area contributed by atoms with Gasteiger partial charge < -0.3 is 34.2 Å². The minimum atomic E-state index is -0.922. The Morgan fingerprint density at radius 3 is 1.91 bits per heavy atom. The maximum atomic E-state index is 13.0. The van der Waals surface area contributed by atoms with Crippen molar-refractivity contribution in [2.75, 3.05) is 26.2 Å². The molecule has 3 heterocycles. The van der Waals surface area contributed by atoms with Crippen LogP contribution in [0.5, 0.6) is 23.0 Å². The second kappa shape index (κ2) is 8.37. The van der Waals surface area contributed by atoms with Gasteiger partial charge in [-0.05, 0) is 36.4 Å². The summed E-state index contributed by atoms with van der Waals surface area (Å²) >= 11 is 0. The van der Waals surface area contributed by atoms with Crippen molar-refractivity contribution in [3.8, 4) is 23.0 Å². The normalized spacial score (nSPS) is 14.6. The third-order valence-electron chi connectivity index (χ3n) is 6.07. The summed E-state index contributed by atoms with van der Waals surface area (Å²) in [5.41, 5.74) is -1.68. The number of amides is 1. The molecule has 0 radical (unpaired) electrons. The Labute approximate surface area is 196 Å². The quantitative estimate of drug-likeness (QED) is 0.250. The molecule has 0 saturated carbocycles. The number of phenols is 4. The number of nitrogens with zero attached hydrogens (tertiary/aromatic N) is 2. The Bertz CT molecular complexity index is 1600. The van der Waals surface area contributed by atoms with Crippen LogP contribution >= 0.6 is 0 Å². The van der Waals surface area contributed by atoms with E-state index in [9.17, 15) is 34.8 Å². The zero-order chi connectivity index (χ0) is 24.9. The standard InChI is InChI=1S/C24H20N2O9/c27-16-3-1-12-9-14(23(32)34-20(12)18(16)29)11-25-5-7-26(8-6-25)22(31)15-10-13-2-4-17(28)19(30)21(13)35-24(15)33/h1-4,9-10,27-30H,5-8,11H2. The lowest BCUT2D eigenvalue weighted by atomic mass is 10.1. The van der Waals surface area contributed by atoms with E-state index in [1.165, 1.54) is 35.2 Å². The van der Waals surface area contributed by atoms with Gasteiger partial charge in [0.05, 0.1) is 5.56 Å². The van der Waals surface area contributed by atoms with Gasteiger partial charge in [0.1, 0.15) is 5.56 Å². The average Bonchev–Trinajstić information content (AvgIpc) is 2.85. The van der Waals surface area contributed by atoms with Crippen molar-refractivity contribution in [3.63, 3.8) is 0 Å². The zero-order valence-corrected chi connectivity index (χ0v) is 18.2. The fourth-order valence-corrected chi connectivity index (χ4v) is 4.14. The number of carbonyl (C=O) groups is 1. The van der Waals surface area contributed by atoms with Crippen molar-refractivity contribution in [3.05, 3.63) is 68.4 Å².